The van der Waals surface area contributed by atoms with Gasteiger partial charge in [-0.1, -0.05) is 41.4 Å². The molecule has 1 saturated heterocycles. The summed E-state index contributed by atoms with van der Waals surface area (Å²) in [5.41, 5.74) is -0.200. The van der Waals surface area contributed by atoms with E-state index in [-0.39, 0.29) is 16.5 Å². The third-order valence-corrected chi connectivity index (χ3v) is 6.12. The number of para-hydroxylation sites is 1. The van der Waals surface area contributed by atoms with Gasteiger partial charge in [0.25, 0.3) is 11.5 Å². The van der Waals surface area contributed by atoms with Crippen LogP contribution >= 0.6 is 23.2 Å². The first-order valence-corrected chi connectivity index (χ1v) is 11.3. The molecule has 0 bridgehead atoms. The van der Waals surface area contributed by atoms with E-state index in [0.29, 0.717) is 48.3 Å². The Hall–Kier alpha value is -3.03. The Bertz CT molecular complexity index is 1190. The lowest BCUT2D eigenvalue weighted by molar-refractivity contribution is -0.145. The SMILES string of the molecule is CC(C)(Oc1ccc(Cl)cc1)C(=O)N1CCN(c2cnn(-c3ccccc3)c(=O)c2Cl)CC1. The van der Waals surface area contributed by atoms with Crippen LogP contribution in [0.15, 0.2) is 65.6 Å². The molecule has 0 unspecified atom stereocenters. The largest absolute Gasteiger partial charge is 0.478 e. The molecule has 7 nitrogen and oxygen atoms in total. The molecular weight excluding hydrogens is 463 g/mol. The molecule has 1 amide bonds. The first kappa shape index (κ1) is 23.1. The van der Waals surface area contributed by atoms with Crippen LogP contribution in [0.4, 0.5) is 5.69 Å². The zero-order valence-electron chi connectivity index (χ0n) is 18.4. The van der Waals surface area contributed by atoms with Crippen LogP contribution in [-0.2, 0) is 4.79 Å². The van der Waals surface area contributed by atoms with Crippen molar-refractivity contribution in [3.8, 4) is 11.4 Å². The van der Waals surface area contributed by atoms with E-state index in [9.17, 15) is 9.59 Å². The molecule has 1 aliphatic rings. The fourth-order valence-corrected chi connectivity index (χ4v) is 4.14. The Balaban J connectivity index is 1.43. The Kier molecular flexibility index (Phi) is 6.63. The van der Waals surface area contributed by atoms with Crippen molar-refractivity contribution in [2.24, 2.45) is 0 Å². The number of benzene rings is 2. The number of amides is 1. The van der Waals surface area contributed by atoms with E-state index in [0.717, 1.165) is 0 Å². The Morgan fingerprint density at radius 2 is 1.61 bits per heavy atom. The number of aromatic nitrogens is 2. The smallest absolute Gasteiger partial charge is 0.292 e. The highest BCUT2D eigenvalue weighted by Crippen LogP contribution is 2.26. The molecule has 4 rings (SSSR count). The van der Waals surface area contributed by atoms with Crippen molar-refractivity contribution in [1.29, 1.82) is 0 Å². The van der Waals surface area contributed by atoms with Crippen molar-refractivity contribution < 1.29 is 9.53 Å². The van der Waals surface area contributed by atoms with Crippen LogP contribution < -0.4 is 15.2 Å². The van der Waals surface area contributed by atoms with Gasteiger partial charge in [-0.3, -0.25) is 9.59 Å². The summed E-state index contributed by atoms with van der Waals surface area (Å²) in [5, 5.41) is 5.01. The average molecular weight is 487 g/mol. The first-order chi connectivity index (χ1) is 15.8. The molecule has 0 saturated carbocycles. The molecule has 0 N–H and O–H groups in total. The summed E-state index contributed by atoms with van der Waals surface area (Å²) in [6, 6.07) is 16.0. The molecular formula is C24H24Cl2N4O3. The molecule has 1 fully saturated rings. The molecule has 2 heterocycles. The van der Waals surface area contributed by atoms with Gasteiger partial charge in [0.2, 0.25) is 0 Å². The lowest BCUT2D eigenvalue weighted by Gasteiger charge is -2.39. The van der Waals surface area contributed by atoms with E-state index in [1.807, 2.05) is 23.1 Å². The number of rotatable bonds is 5. The number of hydrogen-bond donors (Lipinski definition) is 0. The highest BCUT2D eigenvalue weighted by Gasteiger charge is 2.36. The third-order valence-electron chi connectivity index (χ3n) is 5.51. The fraction of sp³-hybridized carbons (Fsp3) is 0.292. The number of ether oxygens (including phenoxy) is 1. The molecule has 0 aliphatic carbocycles. The molecule has 9 heteroatoms. The van der Waals surface area contributed by atoms with Gasteiger partial charge in [0.05, 0.1) is 17.6 Å². The van der Waals surface area contributed by atoms with Crippen molar-refractivity contribution in [3.63, 3.8) is 0 Å². The molecule has 3 aromatic rings. The Morgan fingerprint density at radius 3 is 2.24 bits per heavy atom. The minimum absolute atomic E-state index is 0.110. The van der Waals surface area contributed by atoms with Crippen molar-refractivity contribution in [1.82, 2.24) is 14.7 Å². The second-order valence-corrected chi connectivity index (χ2v) is 9.06. The van der Waals surface area contributed by atoms with E-state index in [4.69, 9.17) is 27.9 Å². The van der Waals surface area contributed by atoms with E-state index in [2.05, 4.69) is 5.10 Å². The zero-order valence-corrected chi connectivity index (χ0v) is 19.9. The van der Waals surface area contributed by atoms with E-state index in [1.54, 1.807) is 61.3 Å². The molecule has 1 aromatic heterocycles. The van der Waals surface area contributed by atoms with Crippen LogP contribution in [0.5, 0.6) is 5.75 Å². The summed E-state index contributed by atoms with van der Waals surface area (Å²) in [7, 11) is 0. The first-order valence-electron chi connectivity index (χ1n) is 10.6. The minimum Gasteiger partial charge on any atom is -0.478 e. The third kappa shape index (κ3) is 4.99. The van der Waals surface area contributed by atoms with E-state index in [1.165, 1.54) is 4.68 Å². The van der Waals surface area contributed by atoms with Crippen molar-refractivity contribution in [3.05, 3.63) is 81.2 Å². The lowest BCUT2D eigenvalue weighted by Crippen LogP contribution is -2.56. The highest BCUT2D eigenvalue weighted by atomic mass is 35.5. The molecule has 0 radical (unpaired) electrons. The van der Waals surface area contributed by atoms with E-state index < -0.39 is 5.60 Å². The number of halogens is 2. The Labute approximate surface area is 202 Å². The quantitative estimate of drug-likeness (QED) is 0.544. The molecule has 33 heavy (non-hydrogen) atoms. The van der Waals surface area contributed by atoms with Gasteiger partial charge in [0, 0.05) is 31.2 Å². The normalized spacial score (nSPS) is 14.3. The van der Waals surface area contributed by atoms with Crippen LogP contribution in [0.3, 0.4) is 0 Å². The predicted molar refractivity (Wildman–Crippen MR) is 130 cm³/mol. The molecule has 2 aromatic carbocycles. The molecule has 172 valence electrons. The number of nitrogens with zero attached hydrogens (tertiary/aromatic N) is 4. The van der Waals surface area contributed by atoms with Crippen molar-refractivity contribution in [2.45, 2.75) is 19.4 Å². The summed E-state index contributed by atoms with van der Waals surface area (Å²) < 4.78 is 7.21. The number of carbonyl (C=O) groups excluding carboxylic acids is 1. The van der Waals surface area contributed by atoms with Crippen molar-refractivity contribution >= 4 is 34.8 Å². The zero-order chi connectivity index (χ0) is 23.6. The summed E-state index contributed by atoms with van der Waals surface area (Å²) in [4.78, 5) is 29.6. The van der Waals surface area contributed by atoms with Crippen molar-refractivity contribution in [2.75, 3.05) is 31.1 Å². The predicted octanol–water partition coefficient (Wildman–Crippen LogP) is 4.05. The van der Waals surface area contributed by atoms with Gasteiger partial charge in [-0.15, -0.1) is 0 Å². The number of anilines is 1. The topological polar surface area (TPSA) is 67.7 Å². The summed E-state index contributed by atoms with van der Waals surface area (Å²) in [5.74, 6) is 0.467. The van der Waals surface area contributed by atoms with Crippen LogP contribution in [0.25, 0.3) is 5.69 Å². The van der Waals surface area contributed by atoms with Crippen LogP contribution in [0.1, 0.15) is 13.8 Å². The van der Waals surface area contributed by atoms with Gasteiger partial charge in [-0.25, -0.2) is 0 Å². The van der Waals surface area contributed by atoms with Gasteiger partial charge in [0.1, 0.15) is 10.8 Å². The number of piperazine rings is 1. The summed E-state index contributed by atoms with van der Waals surface area (Å²) >= 11 is 12.4. The average Bonchev–Trinajstić information content (AvgIpc) is 2.82. The highest BCUT2D eigenvalue weighted by molar-refractivity contribution is 6.33. The fourth-order valence-electron chi connectivity index (χ4n) is 3.77. The Morgan fingerprint density at radius 1 is 0.970 bits per heavy atom. The summed E-state index contributed by atoms with van der Waals surface area (Å²) in [6.45, 7) is 5.51. The maximum atomic E-state index is 13.1. The number of carbonyl (C=O) groups is 1. The summed E-state index contributed by atoms with van der Waals surface area (Å²) in [6.07, 6.45) is 1.60. The van der Waals surface area contributed by atoms with Gasteiger partial charge < -0.3 is 14.5 Å². The van der Waals surface area contributed by atoms with Crippen LogP contribution in [0, 0.1) is 0 Å². The maximum Gasteiger partial charge on any atom is 0.292 e. The molecule has 0 spiro atoms. The monoisotopic (exact) mass is 486 g/mol. The number of hydrogen-bond acceptors (Lipinski definition) is 5. The lowest BCUT2D eigenvalue weighted by atomic mass is 10.1. The van der Waals surface area contributed by atoms with Gasteiger partial charge in [-0.2, -0.15) is 9.78 Å². The molecule has 0 atom stereocenters. The van der Waals surface area contributed by atoms with Crippen LogP contribution in [-0.4, -0.2) is 52.4 Å². The van der Waals surface area contributed by atoms with Crippen LogP contribution in [0.2, 0.25) is 10.0 Å². The van der Waals surface area contributed by atoms with Gasteiger partial charge >= 0.3 is 0 Å². The second-order valence-electron chi connectivity index (χ2n) is 8.24. The standard InChI is InChI=1S/C24H24Cl2N4O3/c1-24(2,33-19-10-8-17(25)9-11-19)23(32)29-14-12-28(13-15-29)20-16-27-30(22(31)21(20)26)18-6-4-3-5-7-18/h3-11,16H,12-15H2,1-2H3. The second kappa shape index (κ2) is 9.45. The van der Waals surface area contributed by atoms with Gasteiger partial charge in [-0.05, 0) is 50.2 Å². The minimum atomic E-state index is -1.04. The maximum absolute atomic E-state index is 13.1. The van der Waals surface area contributed by atoms with Gasteiger partial charge in [0.15, 0.2) is 5.60 Å². The van der Waals surface area contributed by atoms with E-state index >= 15 is 0 Å². The molecule has 1 aliphatic heterocycles.